The molecule has 0 aliphatic carbocycles. The third-order valence-corrected chi connectivity index (χ3v) is 8.32. The van der Waals surface area contributed by atoms with Crippen molar-refractivity contribution in [3.8, 4) is 11.5 Å². The third-order valence-electron chi connectivity index (χ3n) is 7.83. The summed E-state index contributed by atoms with van der Waals surface area (Å²) in [6.07, 6.45) is 4.05. The van der Waals surface area contributed by atoms with Crippen molar-refractivity contribution in [3.05, 3.63) is 52.0 Å². The van der Waals surface area contributed by atoms with E-state index >= 15 is 0 Å². The molecule has 260 valence electrons. The molecule has 10 nitrogen and oxygen atoms in total. The van der Waals surface area contributed by atoms with Gasteiger partial charge >= 0.3 is 12.2 Å². The van der Waals surface area contributed by atoms with Crippen molar-refractivity contribution in [3.63, 3.8) is 0 Å². The molecule has 4 aliphatic rings. The van der Waals surface area contributed by atoms with Crippen LogP contribution < -0.4 is 19.7 Å². The lowest BCUT2D eigenvalue weighted by Crippen LogP contribution is -2.50. The van der Waals surface area contributed by atoms with Crippen LogP contribution in [0.5, 0.6) is 11.5 Å². The number of benzene rings is 2. The number of fused-ring (bicyclic) bond motifs is 2. The fourth-order valence-corrected chi connectivity index (χ4v) is 5.93. The average Bonchev–Trinajstić information content (AvgIpc) is 3.04. The van der Waals surface area contributed by atoms with Crippen LogP contribution in [0, 0.1) is 0 Å². The highest BCUT2D eigenvalue weighted by molar-refractivity contribution is 9.10. The normalized spacial score (nSPS) is 17.6. The number of hydrogen-bond donors (Lipinski definition) is 1. The maximum Gasteiger partial charge on any atom is 0.410 e. The summed E-state index contributed by atoms with van der Waals surface area (Å²) in [4.78, 5) is 29.5. The molecule has 2 fully saturated rings. The maximum atomic E-state index is 12.1. The summed E-state index contributed by atoms with van der Waals surface area (Å²) < 4.78 is 23.0. The van der Waals surface area contributed by atoms with Crippen molar-refractivity contribution in [2.24, 2.45) is 0 Å². The summed E-state index contributed by atoms with van der Waals surface area (Å²) in [5.41, 5.74) is 3.02. The second-order valence-corrected chi connectivity index (χ2v) is 15.0. The Morgan fingerprint density at radius 1 is 0.702 bits per heavy atom. The molecule has 6 rings (SSSR count). The number of nitrogens with one attached hydrogen (secondary N) is 1. The van der Waals surface area contributed by atoms with E-state index in [1.54, 1.807) is 9.80 Å². The zero-order valence-electron chi connectivity index (χ0n) is 29.0. The number of piperazine rings is 2. The largest absolute Gasteiger partial charge is 0.493 e. The highest BCUT2D eigenvalue weighted by Crippen LogP contribution is 2.30. The van der Waals surface area contributed by atoms with E-state index in [4.69, 9.17) is 18.9 Å². The Morgan fingerprint density at radius 2 is 1.19 bits per heavy atom. The van der Waals surface area contributed by atoms with Gasteiger partial charge in [0.2, 0.25) is 0 Å². The number of aryl methyl sites for hydroxylation is 2. The van der Waals surface area contributed by atoms with E-state index in [2.05, 4.69) is 50.4 Å². The molecule has 0 spiro atoms. The van der Waals surface area contributed by atoms with Gasteiger partial charge in [-0.05, 0) is 115 Å². The van der Waals surface area contributed by atoms with Crippen molar-refractivity contribution >= 4 is 33.8 Å². The number of hydrogen-bond acceptors (Lipinski definition) is 8. The van der Waals surface area contributed by atoms with E-state index < -0.39 is 5.60 Å². The number of carbonyl (C=O) groups is 2. The first-order valence-electron chi connectivity index (χ1n) is 16.9. The molecular formula is C36H53BrN4O6. The van der Waals surface area contributed by atoms with Crippen LogP contribution in [0.3, 0.4) is 0 Å². The second-order valence-electron chi connectivity index (χ2n) is 14.1. The van der Waals surface area contributed by atoms with Crippen LogP contribution >= 0.6 is 15.9 Å². The van der Waals surface area contributed by atoms with Crippen LogP contribution in [0.15, 0.2) is 40.9 Å². The first kappa shape index (κ1) is 36.7. The van der Waals surface area contributed by atoms with Gasteiger partial charge in [-0.3, -0.25) is 0 Å². The van der Waals surface area contributed by atoms with E-state index in [9.17, 15) is 9.59 Å². The van der Waals surface area contributed by atoms with Gasteiger partial charge < -0.3 is 39.0 Å². The number of nitrogens with zero attached hydrogens (tertiary/aromatic N) is 3. The van der Waals surface area contributed by atoms with E-state index in [0.717, 1.165) is 94.1 Å². The summed E-state index contributed by atoms with van der Waals surface area (Å²) in [5.74, 6) is 2.08. The molecule has 0 saturated carbocycles. The Bertz CT molecular complexity index is 1330. The quantitative estimate of drug-likeness (QED) is 0.350. The van der Waals surface area contributed by atoms with Gasteiger partial charge in [-0.1, -0.05) is 15.9 Å². The maximum absolute atomic E-state index is 12.1. The molecule has 2 amide bonds. The minimum atomic E-state index is -0.438. The van der Waals surface area contributed by atoms with Crippen LogP contribution in [-0.4, -0.2) is 98.8 Å². The molecule has 4 heterocycles. The molecule has 2 aromatic carbocycles. The topological polar surface area (TPSA) is 92.8 Å². The minimum absolute atomic E-state index is 0.200. The van der Waals surface area contributed by atoms with Gasteiger partial charge in [-0.25, -0.2) is 9.59 Å². The van der Waals surface area contributed by atoms with Crippen molar-refractivity contribution in [1.82, 2.24) is 15.1 Å². The highest BCUT2D eigenvalue weighted by Gasteiger charge is 2.27. The van der Waals surface area contributed by atoms with E-state index in [0.29, 0.717) is 13.1 Å². The van der Waals surface area contributed by atoms with Crippen molar-refractivity contribution in [2.75, 3.05) is 70.5 Å². The fraction of sp³-hybridized carbons (Fsp3) is 0.611. The highest BCUT2D eigenvalue weighted by atomic mass is 79.9. The first-order valence-corrected chi connectivity index (χ1v) is 17.7. The van der Waals surface area contributed by atoms with Gasteiger partial charge in [0.25, 0.3) is 0 Å². The average molecular weight is 718 g/mol. The summed E-state index contributed by atoms with van der Waals surface area (Å²) in [5, 5.41) is 3.18. The van der Waals surface area contributed by atoms with Gasteiger partial charge in [0, 0.05) is 62.5 Å². The molecule has 0 radical (unpaired) electrons. The molecule has 4 aliphatic heterocycles. The SMILES string of the molecule is Brc1ccc2c(c1)CCCO2.CC(C)(C)OC(=O)N1CCN(c2ccc3c(c2)CCCO3)CC1.CC(C)(C)OC(=O)N1CCNCC1. The number of halogens is 1. The van der Waals surface area contributed by atoms with Crippen LogP contribution in [0.2, 0.25) is 0 Å². The van der Waals surface area contributed by atoms with Crippen molar-refractivity contribution in [1.29, 1.82) is 0 Å². The van der Waals surface area contributed by atoms with Crippen LogP contribution in [0.25, 0.3) is 0 Å². The van der Waals surface area contributed by atoms with E-state index in [1.165, 1.54) is 16.8 Å². The standard InChI is InChI=1S/C18H26N2O3.C9H9BrO.C9H18N2O2/c1-18(2,3)23-17(21)20-10-8-19(9-11-20)15-6-7-16-14(13-15)5-4-12-22-16;10-8-3-4-9-7(6-8)2-1-5-11-9;1-9(2,3)13-8(12)11-6-4-10-5-7-11/h6-7,13H,4-5,8-12H2,1-3H3;3-4,6H,1-2,5H2;10H,4-7H2,1-3H3. The minimum Gasteiger partial charge on any atom is -0.493 e. The number of carbonyl (C=O) groups excluding carboxylic acids is 2. The van der Waals surface area contributed by atoms with E-state index in [1.807, 2.05) is 53.7 Å². The summed E-state index contributed by atoms with van der Waals surface area (Å²) in [7, 11) is 0. The van der Waals surface area contributed by atoms with Crippen LogP contribution in [0.4, 0.5) is 15.3 Å². The molecule has 2 aromatic rings. The Hall–Kier alpha value is -3.18. The lowest BCUT2D eigenvalue weighted by Gasteiger charge is -2.37. The number of rotatable bonds is 1. The Labute approximate surface area is 289 Å². The van der Waals surface area contributed by atoms with Gasteiger partial charge in [0.15, 0.2) is 0 Å². The van der Waals surface area contributed by atoms with Crippen LogP contribution in [0.1, 0.15) is 65.5 Å². The van der Waals surface area contributed by atoms with Crippen molar-refractivity contribution < 1.29 is 28.5 Å². The summed E-state index contributed by atoms with van der Waals surface area (Å²) >= 11 is 3.43. The summed E-state index contributed by atoms with van der Waals surface area (Å²) in [6, 6.07) is 12.6. The molecule has 2 saturated heterocycles. The summed E-state index contributed by atoms with van der Waals surface area (Å²) in [6.45, 7) is 19.3. The zero-order valence-corrected chi connectivity index (χ0v) is 30.6. The molecule has 0 unspecified atom stereocenters. The molecule has 0 bridgehead atoms. The number of anilines is 1. The predicted molar refractivity (Wildman–Crippen MR) is 189 cm³/mol. The predicted octanol–water partition coefficient (Wildman–Crippen LogP) is 6.67. The Morgan fingerprint density at radius 3 is 1.72 bits per heavy atom. The first-order chi connectivity index (χ1) is 22.3. The Balaban J connectivity index is 0.000000176. The van der Waals surface area contributed by atoms with Gasteiger partial charge in [0.1, 0.15) is 22.7 Å². The fourth-order valence-electron chi connectivity index (χ4n) is 5.52. The van der Waals surface area contributed by atoms with Crippen molar-refractivity contribution in [2.45, 2.75) is 78.4 Å². The molecular weight excluding hydrogens is 664 g/mol. The molecule has 47 heavy (non-hydrogen) atoms. The second kappa shape index (κ2) is 16.8. The van der Waals surface area contributed by atoms with E-state index in [-0.39, 0.29) is 17.8 Å². The zero-order chi connectivity index (χ0) is 34.0. The Kier molecular flexibility index (Phi) is 13.1. The molecule has 0 atom stereocenters. The number of ether oxygens (including phenoxy) is 4. The monoisotopic (exact) mass is 716 g/mol. The molecule has 11 heteroatoms. The number of amides is 2. The van der Waals surface area contributed by atoms with Gasteiger partial charge in [-0.15, -0.1) is 0 Å². The lowest BCUT2D eigenvalue weighted by molar-refractivity contribution is 0.0223. The van der Waals surface area contributed by atoms with Gasteiger partial charge in [-0.2, -0.15) is 0 Å². The smallest absolute Gasteiger partial charge is 0.410 e. The third kappa shape index (κ3) is 12.1. The molecule has 0 aromatic heterocycles. The lowest BCUT2D eigenvalue weighted by atomic mass is 10.1. The molecule has 1 N–H and O–H groups in total. The van der Waals surface area contributed by atoms with Crippen LogP contribution in [-0.2, 0) is 22.3 Å². The van der Waals surface area contributed by atoms with Gasteiger partial charge in [0.05, 0.1) is 13.2 Å².